The van der Waals surface area contributed by atoms with Crippen LogP contribution in [0, 0.1) is 12.3 Å². The third-order valence-corrected chi connectivity index (χ3v) is 2.35. The Hall–Kier alpha value is -0.750. The van der Waals surface area contributed by atoms with Crippen molar-refractivity contribution < 1.29 is 0 Å². The average molecular weight is 229 g/mol. The maximum atomic E-state index is 5.98. The van der Waals surface area contributed by atoms with Crippen molar-refractivity contribution in [2.45, 2.75) is 12.5 Å². The van der Waals surface area contributed by atoms with Gasteiger partial charge in [-0.25, -0.2) is 0 Å². The molecule has 0 saturated carbocycles. The second-order valence-corrected chi connectivity index (χ2v) is 3.61. The molecule has 74 valence electrons. The molecule has 0 amide bonds. The summed E-state index contributed by atoms with van der Waals surface area (Å²) in [5.41, 5.74) is 0.733. The summed E-state index contributed by atoms with van der Waals surface area (Å²) in [5.74, 6) is 2.56. The molecule has 1 aromatic rings. The van der Waals surface area contributed by atoms with E-state index in [4.69, 9.17) is 29.6 Å². The highest BCUT2D eigenvalue weighted by Crippen LogP contribution is 2.25. The van der Waals surface area contributed by atoms with Crippen LogP contribution in [0.1, 0.15) is 18.2 Å². The molecule has 0 aliphatic heterocycles. The molecule has 0 aliphatic rings. The highest BCUT2D eigenvalue weighted by Gasteiger charge is 2.13. The fourth-order valence-corrected chi connectivity index (χ4v) is 1.65. The number of halogens is 2. The third-order valence-electron chi connectivity index (χ3n) is 1.84. The molecular formula is C10H10Cl2N2. The molecular weight excluding hydrogens is 219 g/mol. The molecule has 1 N–H and O–H groups in total. The van der Waals surface area contributed by atoms with Gasteiger partial charge >= 0.3 is 0 Å². The van der Waals surface area contributed by atoms with Crippen LogP contribution >= 0.6 is 23.2 Å². The van der Waals surface area contributed by atoms with Gasteiger partial charge in [-0.1, -0.05) is 23.2 Å². The van der Waals surface area contributed by atoms with Gasteiger partial charge in [-0.05, 0) is 13.1 Å². The van der Waals surface area contributed by atoms with Crippen LogP contribution < -0.4 is 5.32 Å². The number of hydrogen-bond donors (Lipinski definition) is 1. The fourth-order valence-electron chi connectivity index (χ4n) is 1.13. The quantitative estimate of drug-likeness (QED) is 0.806. The summed E-state index contributed by atoms with van der Waals surface area (Å²) >= 11 is 11.7. The van der Waals surface area contributed by atoms with E-state index < -0.39 is 0 Å². The van der Waals surface area contributed by atoms with E-state index >= 15 is 0 Å². The Morgan fingerprint density at radius 2 is 2.36 bits per heavy atom. The molecule has 0 saturated heterocycles. The molecule has 0 radical (unpaired) electrons. The average Bonchev–Trinajstić information content (AvgIpc) is 2.15. The lowest BCUT2D eigenvalue weighted by molar-refractivity contribution is 0.594. The number of rotatable bonds is 3. The normalized spacial score (nSPS) is 12.1. The Labute approximate surface area is 93.6 Å². The third kappa shape index (κ3) is 2.62. The zero-order chi connectivity index (χ0) is 10.6. The van der Waals surface area contributed by atoms with Crippen LogP contribution in [0.15, 0.2) is 12.3 Å². The van der Waals surface area contributed by atoms with E-state index in [2.05, 4.69) is 16.2 Å². The predicted molar refractivity (Wildman–Crippen MR) is 59.5 cm³/mol. The zero-order valence-corrected chi connectivity index (χ0v) is 9.23. The second-order valence-electron chi connectivity index (χ2n) is 2.77. The minimum Gasteiger partial charge on any atom is -0.311 e. The first-order valence-corrected chi connectivity index (χ1v) is 4.86. The predicted octanol–water partition coefficient (Wildman–Crippen LogP) is 2.67. The minimum atomic E-state index is -0.0234. The first-order chi connectivity index (χ1) is 6.69. The number of terminal acetylenes is 1. The largest absolute Gasteiger partial charge is 0.311 e. The topological polar surface area (TPSA) is 24.9 Å². The standard InChI is InChI=1S/C10H10Cl2N2/c1-3-4-9(13-2)10-8(12)5-7(11)6-14-10/h1,5-6,9,13H,4H2,2H3. The summed E-state index contributed by atoms with van der Waals surface area (Å²) in [4.78, 5) is 4.15. The maximum Gasteiger partial charge on any atom is 0.0769 e. The van der Waals surface area contributed by atoms with Gasteiger partial charge in [0.15, 0.2) is 0 Å². The molecule has 0 aromatic carbocycles. The number of pyridine rings is 1. The Balaban J connectivity index is 2.99. The Bertz CT molecular complexity index is 358. The molecule has 14 heavy (non-hydrogen) atoms. The maximum absolute atomic E-state index is 5.98. The van der Waals surface area contributed by atoms with Gasteiger partial charge in [0, 0.05) is 12.6 Å². The van der Waals surface area contributed by atoms with Crippen molar-refractivity contribution in [1.29, 1.82) is 0 Å². The van der Waals surface area contributed by atoms with E-state index in [1.165, 1.54) is 0 Å². The van der Waals surface area contributed by atoms with E-state index in [-0.39, 0.29) is 6.04 Å². The Morgan fingerprint density at radius 1 is 1.64 bits per heavy atom. The van der Waals surface area contributed by atoms with Crippen molar-refractivity contribution in [1.82, 2.24) is 10.3 Å². The molecule has 0 aliphatic carbocycles. The lowest BCUT2D eigenvalue weighted by Crippen LogP contribution is -2.17. The summed E-state index contributed by atoms with van der Waals surface area (Å²) in [5, 5.41) is 4.10. The second kappa shape index (κ2) is 5.21. The van der Waals surface area contributed by atoms with E-state index in [0.29, 0.717) is 16.5 Å². The van der Waals surface area contributed by atoms with Crippen LogP contribution in [0.5, 0.6) is 0 Å². The highest BCUT2D eigenvalue weighted by molar-refractivity contribution is 6.34. The molecule has 0 fully saturated rings. The summed E-state index contributed by atoms with van der Waals surface area (Å²) in [6, 6.07) is 1.64. The van der Waals surface area contributed by atoms with Crippen LogP contribution in [0.25, 0.3) is 0 Å². The Kier molecular flexibility index (Phi) is 4.21. The van der Waals surface area contributed by atoms with E-state index in [1.54, 1.807) is 12.3 Å². The Morgan fingerprint density at radius 3 is 2.86 bits per heavy atom. The van der Waals surface area contributed by atoms with Gasteiger partial charge in [-0.3, -0.25) is 4.98 Å². The summed E-state index contributed by atoms with van der Waals surface area (Å²) in [6.45, 7) is 0. The zero-order valence-electron chi connectivity index (χ0n) is 7.72. The molecule has 1 unspecified atom stereocenters. The molecule has 1 rings (SSSR count). The highest BCUT2D eigenvalue weighted by atomic mass is 35.5. The van der Waals surface area contributed by atoms with Gasteiger partial charge in [0.2, 0.25) is 0 Å². The lowest BCUT2D eigenvalue weighted by Gasteiger charge is -2.13. The number of hydrogen-bond acceptors (Lipinski definition) is 2. The van der Waals surface area contributed by atoms with Gasteiger partial charge < -0.3 is 5.32 Å². The van der Waals surface area contributed by atoms with Crippen molar-refractivity contribution in [2.75, 3.05) is 7.05 Å². The van der Waals surface area contributed by atoms with Crippen LogP contribution in [0.2, 0.25) is 10.0 Å². The van der Waals surface area contributed by atoms with Gasteiger partial charge in [0.1, 0.15) is 0 Å². The van der Waals surface area contributed by atoms with Crippen LogP contribution in [0.4, 0.5) is 0 Å². The first-order valence-electron chi connectivity index (χ1n) is 4.10. The summed E-state index contributed by atoms with van der Waals surface area (Å²) in [7, 11) is 1.81. The summed E-state index contributed by atoms with van der Waals surface area (Å²) in [6.07, 6.45) is 7.34. The monoisotopic (exact) mass is 228 g/mol. The van der Waals surface area contributed by atoms with E-state index in [0.717, 1.165) is 5.69 Å². The molecule has 1 atom stereocenters. The molecule has 0 bridgehead atoms. The van der Waals surface area contributed by atoms with Gasteiger partial charge in [0.05, 0.1) is 21.8 Å². The van der Waals surface area contributed by atoms with Crippen LogP contribution in [0.3, 0.4) is 0 Å². The van der Waals surface area contributed by atoms with Crippen molar-refractivity contribution in [2.24, 2.45) is 0 Å². The fraction of sp³-hybridized carbons (Fsp3) is 0.300. The number of nitrogens with one attached hydrogen (secondary N) is 1. The minimum absolute atomic E-state index is 0.0234. The molecule has 1 heterocycles. The smallest absolute Gasteiger partial charge is 0.0769 e. The van der Waals surface area contributed by atoms with Gasteiger partial charge in [-0.2, -0.15) is 0 Å². The molecule has 2 nitrogen and oxygen atoms in total. The lowest BCUT2D eigenvalue weighted by atomic mass is 10.1. The number of aromatic nitrogens is 1. The van der Waals surface area contributed by atoms with Crippen molar-refractivity contribution in [3.05, 3.63) is 28.0 Å². The first kappa shape index (κ1) is 11.3. The van der Waals surface area contributed by atoms with E-state index in [1.807, 2.05) is 7.05 Å². The SMILES string of the molecule is C#CCC(NC)c1ncc(Cl)cc1Cl. The molecule has 0 spiro atoms. The van der Waals surface area contributed by atoms with Gasteiger partial charge in [0.25, 0.3) is 0 Å². The summed E-state index contributed by atoms with van der Waals surface area (Å²) < 4.78 is 0. The molecule has 1 aromatic heterocycles. The molecule has 4 heteroatoms. The van der Waals surface area contributed by atoms with Crippen LogP contribution in [-0.4, -0.2) is 12.0 Å². The van der Waals surface area contributed by atoms with E-state index in [9.17, 15) is 0 Å². The van der Waals surface area contributed by atoms with Gasteiger partial charge in [-0.15, -0.1) is 12.3 Å². The number of nitrogens with zero attached hydrogens (tertiary/aromatic N) is 1. The van der Waals surface area contributed by atoms with Crippen molar-refractivity contribution in [3.63, 3.8) is 0 Å². The van der Waals surface area contributed by atoms with Crippen molar-refractivity contribution >= 4 is 23.2 Å². The van der Waals surface area contributed by atoms with Crippen molar-refractivity contribution in [3.8, 4) is 12.3 Å². The van der Waals surface area contributed by atoms with Crippen LogP contribution in [-0.2, 0) is 0 Å².